The minimum Gasteiger partial charge on any atom is -0.481 e. The van der Waals surface area contributed by atoms with Gasteiger partial charge in [0.1, 0.15) is 0 Å². The Hall–Kier alpha value is -2.07. The molecule has 108 valence electrons. The Morgan fingerprint density at radius 2 is 1.95 bits per heavy atom. The number of nitriles is 1. The Labute approximate surface area is 118 Å². The van der Waals surface area contributed by atoms with Gasteiger partial charge in [-0.25, -0.2) is 8.42 Å². The molecule has 6 nitrogen and oxygen atoms in total. The summed E-state index contributed by atoms with van der Waals surface area (Å²) in [6.07, 6.45) is -0.0687. The van der Waals surface area contributed by atoms with Gasteiger partial charge in [0.05, 0.1) is 23.9 Å². The summed E-state index contributed by atoms with van der Waals surface area (Å²) in [5.41, 5.74) is 0.484. The molecule has 0 heterocycles. The Balaban J connectivity index is 2.87. The third-order valence-corrected chi connectivity index (χ3v) is 4.47. The van der Waals surface area contributed by atoms with Crippen LogP contribution in [0.15, 0.2) is 30.3 Å². The van der Waals surface area contributed by atoms with E-state index < -0.39 is 16.0 Å². The van der Waals surface area contributed by atoms with E-state index >= 15 is 0 Å². The number of carboxylic acids is 1. The third-order valence-electron chi connectivity index (χ3n) is 2.60. The summed E-state index contributed by atoms with van der Waals surface area (Å²) in [6.45, 7) is 0.0654. The molecular weight excluding hydrogens is 280 g/mol. The SMILES string of the molecule is N#CCCN(c1ccccc1)S(=O)(=O)CCCC(=O)O. The van der Waals surface area contributed by atoms with Crippen molar-refractivity contribution >= 4 is 21.7 Å². The standard InChI is InChI=1S/C13H16N2O4S/c14-9-5-10-15(12-6-2-1-3-7-12)20(18,19)11-4-8-13(16)17/h1-3,6-7H,4-5,8,10-11H2,(H,16,17). The summed E-state index contributed by atoms with van der Waals surface area (Å²) < 4.78 is 25.6. The van der Waals surface area contributed by atoms with Gasteiger partial charge < -0.3 is 5.11 Å². The quantitative estimate of drug-likeness (QED) is 0.785. The molecule has 0 fully saturated rings. The molecule has 0 aliphatic rings. The number of hydrogen-bond acceptors (Lipinski definition) is 4. The molecule has 0 aliphatic carbocycles. The summed E-state index contributed by atoms with van der Waals surface area (Å²) in [4.78, 5) is 10.4. The van der Waals surface area contributed by atoms with Gasteiger partial charge in [-0.15, -0.1) is 0 Å². The molecule has 1 aromatic carbocycles. The average molecular weight is 296 g/mol. The van der Waals surface area contributed by atoms with E-state index in [1.165, 1.54) is 0 Å². The van der Waals surface area contributed by atoms with Gasteiger partial charge >= 0.3 is 5.97 Å². The van der Waals surface area contributed by atoms with E-state index in [2.05, 4.69) is 0 Å². The molecule has 0 bridgehead atoms. The van der Waals surface area contributed by atoms with Crippen LogP contribution in [0.3, 0.4) is 0 Å². The maximum absolute atomic E-state index is 12.2. The lowest BCUT2D eigenvalue weighted by Gasteiger charge is -2.23. The zero-order valence-corrected chi connectivity index (χ0v) is 11.7. The van der Waals surface area contributed by atoms with Crippen molar-refractivity contribution in [2.75, 3.05) is 16.6 Å². The molecule has 0 unspecified atom stereocenters. The lowest BCUT2D eigenvalue weighted by molar-refractivity contribution is -0.137. The first-order chi connectivity index (χ1) is 9.47. The van der Waals surface area contributed by atoms with Crippen molar-refractivity contribution < 1.29 is 18.3 Å². The molecule has 0 radical (unpaired) electrons. The zero-order valence-electron chi connectivity index (χ0n) is 10.9. The maximum atomic E-state index is 12.2. The topological polar surface area (TPSA) is 98.5 Å². The molecule has 0 saturated carbocycles. The van der Waals surface area contributed by atoms with Crippen LogP contribution in [-0.2, 0) is 14.8 Å². The summed E-state index contributed by atoms with van der Waals surface area (Å²) in [7, 11) is -3.62. The number of carbonyl (C=O) groups is 1. The number of carboxylic acid groups (broad SMARTS) is 1. The molecule has 0 spiro atoms. The summed E-state index contributed by atoms with van der Waals surface area (Å²) >= 11 is 0. The van der Waals surface area contributed by atoms with Crippen molar-refractivity contribution in [1.29, 1.82) is 5.26 Å². The van der Waals surface area contributed by atoms with Crippen LogP contribution in [-0.4, -0.2) is 31.8 Å². The van der Waals surface area contributed by atoms with E-state index in [-0.39, 0.29) is 31.6 Å². The zero-order chi connectivity index (χ0) is 15.0. The molecule has 0 amide bonds. The van der Waals surface area contributed by atoms with E-state index in [1.807, 2.05) is 6.07 Å². The first-order valence-electron chi connectivity index (χ1n) is 6.11. The van der Waals surface area contributed by atoms with Crippen molar-refractivity contribution in [2.24, 2.45) is 0 Å². The molecule has 0 aliphatic heterocycles. The fraction of sp³-hybridized carbons (Fsp3) is 0.385. The number of aliphatic carboxylic acids is 1. The fourth-order valence-corrected chi connectivity index (χ4v) is 3.23. The smallest absolute Gasteiger partial charge is 0.303 e. The minimum absolute atomic E-state index is 0.0492. The van der Waals surface area contributed by atoms with Crippen molar-refractivity contribution in [1.82, 2.24) is 0 Å². The highest BCUT2D eigenvalue weighted by atomic mass is 32.2. The van der Waals surface area contributed by atoms with Crippen molar-refractivity contribution in [2.45, 2.75) is 19.3 Å². The van der Waals surface area contributed by atoms with Gasteiger partial charge in [0, 0.05) is 13.0 Å². The third kappa shape index (κ3) is 4.90. The monoisotopic (exact) mass is 296 g/mol. The van der Waals surface area contributed by atoms with Gasteiger partial charge in [-0.2, -0.15) is 5.26 Å². The van der Waals surface area contributed by atoms with E-state index in [9.17, 15) is 13.2 Å². The largest absolute Gasteiger partial charge is 0.481 e. The molecule has 20 heavy (non-hydrogen) atoms. The predicted octanol–water partition coefficient (Wildman–Crippen LogP) is 1.60. The van der Waals surface area contributed by atoms with E-state index in [4.69, 9.17) is 10.4 Å². The number of benzene rings is 1. The first kappa shape index (κ1) is 16.0. The highest BCUT2D eigenvalue weighted by Gasteiger charge is 2.22. The number of rotatable bonds is 8. The highest BCUT2D eigenvalue weighted by molar-refractivity contribution is 7.92. The molecule has 1 N–H and O–H groups in total. The molecule has 1 aromatic rings. The minimum atomic E-state index is -3.62. The van der Waals surface area contributed by atoms with Crippen molar-refractivity contribution in [3.63, 3.8) is 0 Å². The predicted molar refractivity (Wildman–Crippen MR) is 74.7 cm³/mol. The number of hydrogen-bond donors (Lipinski definition) is 1. The van der Waals surface area contributed by atoms with Gasteiger partial charge in [-0.1, -0.05) is 18.2 Å². The Bertz CT molecular complexity index is 578. The average Bonchev–Trinajstić information content (AvgIpc) is 2.39. The van der Waals surface area contributed by atoms with Gasteiger partial charge in [0.25, 0.3) is 0 Å². The number of para-hydroxylation sites is 1. The van der Waals surface area contributed by atoms with E-state index in [0.29, 0.717) is 5.69 Å². The number of nitrogens with zero attached hydrogens (tertiary/aromatic N) is 2. The highest BCUT2D eigenvalue weighted by Crippen LogP contribution is 2.19. The van der Waals surface area contributed by atoms with Crippen LogP contribution >= 0.6 is 0 Å². The fourth-order valence-electron chi connectivity index (χ4n) is 1.69. The van der Waals surface area contributed by atoms with Crippen molar-refractivity contribution in [3.05, 3.63) is 30.3 Å². The van der Waals surface area contributed by atoms with Gasteiger partial charge in [-0.05, 0) is 18.6 Å². The summed E-state index contributed by atoms with van der Waals surface area (Å²) in [6, 6.07) is 10.4. The van der Waals surface area contributed by atoms with Crippen LogP contribution in [0, 0.1) is 11.3 Å². The van der Waals surface area contributed by atoms with Crippen LogP contribution in [0.5, 0.6) is 0 Å². The second-order valence-corrected chi connectivity index (χ2v) is 6.14. The summed E-state index contributed by atoms with van der Waals surface area (Å²) in [5.74, 6) is -1.27. The van der Waals surface area contributed by atoms with Crippen LogP contribution < -0.4 is 4.31 Å². The van der Waals surface area contributed by atoms with Gasteiger partial charge in [0.15, 0.2) is 0 Å². The number of anilines is 1. The van der Waals surface area contributed by atoms with Crippen LogP contribution in [0.4, 0.5) is 5.69 Å². The van der Waals surface area contributed by atoms with Crippen LogP contribution in [0.25, 0.3) is 0 Å². The van der Waals surface area contributed by atoms with Gasteiger partial charge in [0.2, 0.25) is 10.0 Å². The normalized spacial score (nSPS) is 10.8. The van der Waals surface area contributed by atoms with Crippen molar-refractivity contribution in [3.8, 4) is 6.07 Å². The van der Waals surface area contributed by atoms with Crippen LogP contribution in [0.1, 0.15) is 19.3 Å². The summed E-state index contributed by atoms with van der Waals surface area (Å²) in [5, 5.41) is 17.2. The molecule has 1 rings (SSSR count). The second kappa shape index (κ2) is 7.50. The molecular formula is C13H16N2O4S. The lowest BCUT2D eigenvalue weighted by Crippen LogP contribution is -2.34. The maximum Gasteiger partial charge on any atom is 0.303 e. The Morgan fingerprint density at radius 1 is 1.30 bits per heavy atom. The molecule has 0 saturated heterocycles. The molecule has 0 aromatic heterocycles. The molecule has 7 heteroatoms. The lowest BCUT2D eigenvalue weighted by atomic mass is 10.3. The second-order valence-electron chi connectivity index (χ2n) is 4.13. The van der Waals surface area contributed by atoms with E-state index in [1.54, 1.807) is 30.3 Å². The van der Waals surface area contributed by atoms with Gasteiger partial charge in [-0.3, -0.25) is 9.10 Å². The Kier molecular flexibility index (Phi) is 6.00. The Morgan fingerprint density at radius 3 is 2.50 bits per heavy atom. The van der Waals surface area contributed by atoms with E-state index in [0.717, 1.165) is 4.31 Å². The number of sulfonamides is 1. The van der Waals surface area contributed by atoms with Crippen LogP contribution in [0.2, 0.25) is 0 Å². The molecule has 0 atom stereocenters. The first-order valence-corrected chi connectivity index (χ1v) is 7.72.